The summed E-state index contributed by atoms with van der Waals surface area (Å²) < 4.78 is 11.1. The van der Waals surface area contributed by atoms with Crippen molar-refractivity contribution in [2.45, 2.75) is 58.1 Å². The molecular formula is C15H25NO2. The Labute approximate surface area is 110 Å². The van der Waals surface area contributed by atoms with Crippen molar-refractivity contribution >= 4 is 0 Å². The van der Waals surface area contributed by atoms with Gasteiger partial charge in [-0.1, -0.05) is 6.92 Å². The smallest absolute Gasteiger partial charge is 0.105 e. The fourth-order valence-electron chi connectivity index (χ4n) is 2.79. The van der Waals surface area contributed by atoms with Crippen LogP contribution in [0.3, 0.4) is 0 Å². The Hall–Kier alpha value is -0.800. The van der Waals surface area contributed by atoms with Crippen LogP contribution in [0.2, 0.25) is 0 Å². The largest absolute Gasteiger partial charge is 0.469 e. The molecule has 0 saturated carbocycles. The molecule has 2 atom stereocenters. The second-order valence-electron chi connectivity index (χ2n) is 5.11. The van der Waals surface area contributed by atoms with E-state index in [0.717, 1.165) is 25.3 Å². The zero-order valence-corrected chi connectivity index (χ0v) is 11.6. The number of aryl methyl sites for hydroxylation is 1. The molecule has 3 heteroatoms. The summed E-state index contributed by atoms with van der Waals surface area (Å²) in [6.07, 6.45) is 8.35. The molecule has 0 radical (unpaired) electrons. The van der Waals surface area contributed by atoms with Gasteiger partial charge in [-0.25, -0.2) is 0 Å². The van der Waals surface area contributed by atoms with Crippen LogP contribution >= 0.6 is 0 Å². The molecular weight excluding hydrogens is 226 g/mol. The quantitative estimate of drug-likeness (QED) is 0.804. The van der Waals surface area contributed by atoms with Crippen LogP contribution in [-0.4, -0.2) is 19.3 Å². The molecule has 2 heterocycles. The highest BCUT2D eigenvalue weighted by molar-refractivity contribution is 5.20. The van der Waals surface area contributed by atoms with Crippen molar-refractivity contribution in [2.24, 2.45) is 0 Å². The van der Waals surface area contributed by atoms with Crippen LogP contribution in [-0.2, 0) is 4.74 Å². The van der Waals surface area contributed by atoms with Gasteiger partial charge in [0.25, 0.3) is 0 Å². The van der Waals surface area contributed by atoms with E-state index in [4.69, 9.17) is 9.15 Å². The van der Waals surface area contributed by atoms with E-state index in [0.29, 0.717) is 12.1 Å². The van der Waals surface area contributed by atoms with Gasteiger partial charge in [-0.2, -0.15) is 0 Å². The number of hydrogen-bond donors (Lipinski definition) is 1. The minimum atomic E-state index is 0.426. The molecule has 0 aromatic carbocycles. The van der Waals surface area contributed by atoms with Crippen molar-refractivity contribution in [3.63, 3.8) is 0 Å². The molecule has 3 nitrogen and oxygen atoms in total. The Morgan fingerprint density at radius 3 is 3.00 bits per heavy atom. The van der Waals surface area contributed by atoms with Crippen molar-refractivity contribution in [2.75, 3.05) is 13.2 Å². The van der Waals surface area contributed by atoms with E-state index in [1.807, 2.05) is 6.92 Å². The Morgan fingerprint density at radius 2 is 2.39 bits per heavy atom. The Morgan fingerprint density at radius 1 is 1.50 bits per heavy atom. The zero-order chi connectivity index (χ0) is 12.8. The first kappa shape index (κ1) is 13.6. The molecule has 2 rings (SSSR count). The number of hydrogen-bond acceptors (Lipinski definition) is 3. The highest BCUT2D eigenvalue weighted by Crippen LogP contribution is 2.25. The van der Waals surface area contributed by atoms with Crippen LogP contribution in [0.4, 0.5) is 0 Å². The summed E-state index contributed by atoms with van der Waals surface area (Å²) in [6.45, 7) is 6.15. The topological polar surface area (TPSA) is 34.4 Å². The zero-order valence-electron chi connectivity index (χ0n) is 11.6. The molecule has 0 amide bonds. The molecule has 0 aliphatic carbocycles. The number of ether oxygens (including phenoxy) is 1. The van der Waals surface area contributed by atoms with E-state index in [-0.39, 0.29) is 0 Å². The third-order valence-electron chi connectivity index (χ3n) is 3.77. The maximum absolute atomic E-state index is 5.67. The lowest BCUT2D eigenvalue weighted by atomic mass is 9.99. The summed E-state index contributed by atoms with van der Waals surface area (Å²) in [4.78, 5) is 0. The van der Waals surface area contributed by atoms with Crippen LogP contribution in [0.15, 0.2) is 16.7 Å². The molecule has 1 fully saturated rings. The van der Waals surface area contributed by atoms with Gasteiger partial charge in [0.05, 0.1) is 12.4 Å². The van der Waals surface area contributed by atoms with Gasteiger partial charge < -0.3 is 14.5 Å². The van der Waals surface area contributed by atoms with Crippen molar-refractivity contribution in [1.29, 1.82) is 0 Å². The third kappa shape index (κ3) is 3.59. The maximum Gasteiger partial charge on any atom is 0.105 e. The van der Waals surface area contributed by atoms with Gasteiger partial charge in [0.2, 0.25) is 0 Å². The highest BCUT2D eigenvalue weighted by Gasteiger charge is 2.18. The fraction of sp³-hybridized carbons (Fsp3) is 0.733. The van der Waals surface area contributed by atoms with Crippen molar-refractivity contribution < 1.29 is 9.15 Å². The van der Waals surface area contributed by atoms with Crippen molar-refractivity contribution in [3.05, 3.63) is 23.7 Å². The van der Waals surface area contributed by atoms with Crippen LogP contribution in [0, 0.1) is 6.92 Å². The molecule has 18 heavy (non-hydrogen) atoms. The van der Waals surface area contributed by atoms with E-state index >= 15 is 0 Å². The Balaban J connectivity index is 1.80. The summed E-state index contributed by atoms with van der Waals surface area (Å²) in [5.74, 6) is 1.04. The second kappa shape index (κ2) is 6.95. The van der Waals surface area contributed by atoms with Gasteiger partial charge in [-0.15, -0.1) is 0 Å². The predicted molar refractivity (Wildman–Crippen MR) is 72.7 cm³/mol. The van der Waals surface area contributed by atoms with Gasteiger partial charge in [0.1, 0.15) is 5.76 Å². The summed E-state index contributed by atoms with van der Waals surface area (Å²) in [7, 11) is 0. The molecule has 1 saturated heterocycles. The number of rotatable bonds is 7. The molecule has 1 N–H and O–H groups in total. The predicted octanol–water partition coefficient (Wildman–Crippen LogP) is 3.59. The van der Waals surface area contributed by atoms with Crippen molar-refractivity contribution in [1.82, 2.24) is 5.32 Å². The lowest BCUT2D eigenvalue weighted by Crippen LogP contribution is -2.21. The Kier molecular flexibility index (Phi) is 5.26. The van der Waals surface area contributed by atoms with Gasteiger partial charge in [-0.05, 0) is 51.6 Å². The SMILES string of the molecule is CCNC(CCCC1CCCO1)c1ccoc1C. The first-order chi connectivity index (χ1) is 8.81. The Bertz CT molecular complexity index is 342. The van der Waals surface area contributed by atoms with E-state index in [1.54, 1.807) is 6.26 Å². The molecule has 0 spiro atoms. The van der Waals surface area contributed by atoms with E-state index in [2.05, 4.69) is 18.3 Å². The monoisotopic (exact) mass is 251 g/mol. The maximum atomic E-state index is 5.67. The fourth-order valence-corrected chi connectivity index (χ4v) is 2.79. The minimum absolute atomic E-state index is 0.426. The normalized spacial score (nSPS) is 21.3. The number of nitrogens with one attached hydrogen (secondary N) is 1. The first-order valence-electron chi connectivity index (χ1n) is 7.20. The van der Waals surface area contributed by atoms with Crippen LogP contribution in [0.1, 0.15) is 56.4 Å². The molecule has 1 aliphatic rings. The average Bonchev–Trinajstić information content (AvgIpc) is 2.99. The van der Waals surface area contributed by atoms with E-state index in [9.17, 15) is 0 Å². The van der Waals surface area contributed by atoms with Crippen LogP contribution in [0.25, 0.3) is 0 Å². The lowest BCUT2D eigenvalue weighted by molar-refractivity contribution is 0.101. The van der Waals surface area contributed by atoms with Gasteiger partial charge in [0.15, 0.2) is 0 Å². The molecule has 2 unspecified atom stereocenters. The summed E-state index contributed by atoms with van der Waals surface area (Å²) in [6, 6.07) is 2.52. The van der Waals surface area contributed by atoms with Gasteiger partial charge in [-0.3, -0.25) is 0 Å². The minimum Gasteiger partial charge on any atom is -0.469 e. The van der Waals surface area contributed by atoms with Crippen LogP contribution < -0.4 is 5.32 Å². The van der Waals surface area contributed by atoms with E-state index < -0.39 is 0 Å². The molecule has 102 valence electrons. The molecule has 0 bridgehead atoms. The molecule has 1 aromatic heterocycles. The van der Waals surface area contributed by atoms with Crippen molar-refractivity contribution in [3.8, 4) is 0 Å². The summed E-state index contributed by atoms with van der Waals surface area (Å²) in [5, 5.41) is 3.55. The van der Waals surface area contributed by atoms with Gasteiger partial charge >= 0.3 is 0 Å². The molecule has 1 aromatic rings. The average molecular weight is 251 g/mol. The molecule has 1 aliphatic heterocycles. The summed E-state index contributed by atoms with van der Waals surface area (Å²) >= 11 is 0. The second-order valence-corrected chi connectivity index (χ2v) is 5.11. The van der Waals surface area contributed by atoms with E-state index in [1.165, 1.54) is 31.2 Å². The highest BCUT2D eigenvalue weighted by atomic mass is 16.5. The lowest BCUT2D eigenvalue weighted by Gasteiger charge is -2.18. The van der Waals surface area contributed by atoms with Crippen LogP contribution in [0.5, 0.6) is 0 Å². The number of furan rings is 1. The first-order valence-corrected chi connectivity index (χ1v) is 7.20. The standard InChI is InChI=1S/C15H25NO2/c1-3-16-15(14-9-11-17-12(14)2)8-4-6-13-7-5-10-18-13/h9,11,13,15-16H,3-8,10H2,1-2H3. The third-order valence-corrected chi connectivity index (χ3v) is 3.77. The summed E-state index contributed by atoms with van der Waals surface area (Å²) in [5.41, 5.74) is 1.31. The van der Waals surface area contributed by atoms with Gasteiger partial charge in [0, 0.05) is 18.2 Å².